The molecule has 0 bridgehead atoms. The summed E-state index contributed by atoms with van der Waals surface area (Å²) in [6, 6.07) is 2.11. The number of nitrogens with zero attached hydrogens (tertiary/aromatic N) is 2. The third kappa shape index (κ3) is 3.04. The van der Waals surface area contributed by atoms with E-state index in [1.165, 1.54) is 0 Å². The summed E-state index contributed by atoms with van der Waals surface area (Å²) in [5.41, 5.74) is 4.96. The predicted octanol–water partition coefficient (Wildman–Crippen LogP) is -0.482. The highest BCUT2D eigenvalue weighted by Gasteiger charge is 2.25. The molecule has 2 heterocycles. The molecule has 0 amide bonds. The van der Waals surface area contributed by atoms with Crippen molar-refractivity contribution in [3.63, 3.8) is 0 Å². The second-order valence-electron chi connectivity index (χ2n) is 4.36. The Kier molecular flexibility index (Phi) is 4.11. The van der Waals surface area contributed by atoms with Gasteiger partial charge in [-0.1, -0.05) is 0 Å². The van der Waals surface area contributed by atoms with Crippen molar-refractivity contribution in [3.05, 3.63) is 17.5 Å². The van der Waals surface area contributed by atoms with E-state index >= 15 is 0 Å². The minimum atomic E-state index is 0.00366. The van der Waals surface area contributed by atoms with Crippen molar-refractivity contribution in [2.45, 2.75) is 25.5 Å². The Bertz CT molecular complexity index is 360. The molecule has 6 heteroatoms. The fourth-order valence-electron chi connectivity index (χ4n) is 2.12. The third-order valence-electron chi connectivity index (χ3n) is 3.03. The van der Waals surface area contributed by atoms with E-state index in [0.29, 0.717) is 19.8 Å². The number of ether oxygens (including phenoxy) is 2. The number of rotatable bonds is 4. The van der Waals surface area contributed by atoms with Gasteiger partial charge < -0.3 is 9.47 Å². The van der Waals surface area contributed by atoms with Crippen LogP contribution in [0.2, 0.25) is 0 Å². The Labute approximate surface area is 101 Å². The molecule has 1 fully saturated rings. The lowest BCUT2D eigenvalue weighted by molar-refractivity contribution is -0.101. The topological polar surface area (TPSA) is 74.3 Å². The van der Waals surface area contributed by atoms with E-state index in [0.717, 1.165) is 17.8 Å². The number of aromatic nitrogens is 2. The molecule has 2 unspecified atom stereocenters. The monoisotopic (exact) mass is 240 g/mol. The van der Waals surface area contributed by atoms with Gasteiger partial charge in [-0.15, -0.1) is 0 Å². The van der Waals surface area contributed by atoms with E-state index in [-0.39, 0.29) is 12.1 Å². The number of hydrazine groups is 1. The van der Waals surface area contributed by atoms with Crippen LogP contribution >= 0.6 is 0 Å². The van der Waals surface area contributed by atoms with E-state index in [1.54, 1.807) is 0 Å². The van der Waals surface area contributed by atoms with Crippen molar-refractivity contribution >= 4 is 0 Å². The van der Waals surface area contributed by atoms with Gasteiger partial charge in [0.05, 0.1) is 37.7 Å². The Balaban J connectivity index is 2.01. The molecule has 0 aliphatic carbocycles. The molecule has 0 saturated carbocycles. The van der Waals surface area contributed by atoms with Crippen LogP contribution in [0.5, 0.6) is 0 Å². The molecule has 0 radical (unpaired) electrons. The fraction of sp³-hybridized carbons (Fsp3) is 0.727. The number of hydrogen-bond acceptors (Lipinski definition) is 5. The van der Waals surface area contributed by atoms with Crippen molar-refractivity contribution in [2.24, 2.45) is 12.9 Å². The van der Waals surface area contributed by atoms with Gasteiger partial charge in [-0.2, -0.15) is 5.10 Å². The molecule has 0 spiro atoms. The average Bonchev–Trinajstić information content (AvgIpc) is 2.66. The number of nitrogens with two attached hydrogens (primary N) is 1. The predicted molar refractivity (Wildman–Crippen MR) is 63.3 cm³/mol. The molecule has 2 atom stereocenters. The maximum atomic E-state index is 5.65. The van der Waals surface area contributed by atoms with Crippen LogP contribution < -0.4 is 11.3 Å². The minimum Gasteiger partial charge on any atom is -0.376 e. The lowest BCUT2D eigenvalue weighted by Crippen LogP contribution is -2.50. The first-order valence-corrected chi connectivity index (χ1v) is 5.85. The summed E-state index contributed by atoms with van der Waals surface area (Å²) in [6.07, 6.45) is 0.783. The maximum Gasteiger partial charge on any atom is 0.0979 e. The zero-order valence-electron chi connectivity index (χ0n) is 10.3. The van der Waals surface area contributed by atoms with Crippen LogP contribution in [0.3, 0.4) is 0 Å². The number of aryl methyl sites for hydroxylation is 2. The van der Waals surface area contributed by atoms with Crippen LogP contribution in [0, 0.1) is 6.92 Å². The largest absolute Gasteiger partial charge is 0.376 e. The van der Waals surface area contributed by atoms with Crippen LogP contribution in [0.1, 0.15) is 11.4 Å². The van der Waals surface area contributed by atoms with Crippen molar-refractivity contribution < 1.29 is 9.47 Å². The van der Waals surface area contributed by atoms with E-state index in [1.807, 2.05) is 18.7 Å². The van der Waals surface area contributed by atoms with Gasteiger partial charge in [0, 0.05) is 19.2 Å². The molecule has 1 aromatic rings. The molecule has 17 heavy (non-hydrogen) atoms. The van der Waals surface area contributed by atoms with Gasteiger partial charge in [0.1, 0.15) is 0 Å². The van der Waals surface area contributed by atoms with Gasteiger partial charge in [0.25, 0.3) is 0 Å². The molecule has 1 saturated heterocycles. The number of nitrogens with one attached hydrogen (secondary N) is 1. The molecule has 1 aliphatic heterocycles. The fourth-order valence-corrected chi connectivity index (χ4v) is 2.12. The smallest absolute Gasteiger partial charge is 0.0979 e. The standard InChI is InChI=1S/C11H20N4O2/c1-8-5-9(15(2)14-8)6-10(13-12)11-7-16-3-4-17-11/h5,10-11,13H,3-4,6-7,12H2,1-2H3. The molecule has 0 aromatic carbocycles. The molecule has 1 aliphatic rings. The Morgan fingerprint density at radius 2 is 2.47 bits per heavy atom. The molecule has 6 nitrogen and oxygen atoms in total. The van der Waals surface area contributed by atoms with Gasteiger partial charge in [-0.05, 0) is 13.0 Å². The summed E-state index contributed by atoms with van der Waals surface area (Å²) >= 11 is 0. The van der Waals surface area contributed by atoms with Crippen LogP contribution in [0.15, 0.2) is 6.07 Å². The molecule has 3 N–H and O–H groups in total. The van der Waals surface area contributed by atoms with Crippen molar-refractivity contribution in [1.29, 1.82) is 0 Å². The summed E-state index contributed by atoms with van der Waals surface area (Å²) < 4.78 is 12.9. The maximum absolute atomic E-state index is 5.65. The Morgan fingerprint density at radius 3 is 3.00 bits per heavy atom. The summed E-state index contributed by atoms with van der Waals surface area (Å²) in [5, 5.41) is 4.32. The zero-order valence-corrected chi connectivity index (χ0v) is 10.3. The summed E-state index contributed by atoms with van der Waals surface area (Å²) in [5.74, 6) is 5.59. The molecular formula is C11H20N4O2. The molecule has 1 aromatic heterocycles. The summed E-state index contributed by atoms with van der Waals surface area (Å²) in [4.78, 5) is 0. The lowest BCUT2D eigenvalue weighted by atomic mass is 10.1. The van der Waals surface area contributed by atoms with Gasteiger partial charge >= 0.3 is 0 Å². The van der Waals surface area contributed by atoms with E-state index in [2.05, 4.69) is 16.6 Å². The van der Waals surface area contributed by atoms with Crippen molar-refractivity contribution in [1.82, 2.24) is 15.2 Å². The second kappa shape index (κ2) is 5.59. The first kappa shape index (κ1) is 12.5. The lowest BCUT2D eigenvalue weighted by Gasteiger charge is -2.29. The average molecular weight is 240 g/mol. The van der Waals surface area contributed by atoms with Gasteiger partial charge in [-0.3, -0.25) is 16.0 Å². The van der Waals surface area contributed by atoms with E-state index < -0.39 is 0 Å². The van der Waals surface area contributed by atoms with Crippen molar-refractivity contribution in [3.8, 4) is 0 Å². The summed E-state index contributed by atoms with van der Waals surface area (Å²) in [7, 11) is 1.94. The normalized spacial score (nSPS) is 22.6. The van der Waals surface area contributed by atoms with E-state index in [4.69, 9.17) is 15.3 Å². The highest BCUT2D eigenvalue weighted by atomic mass is 16.6. The number of hydrogen-bond donors (Lipinski definition) is 2. The van der Waals surface area contributed by atoms with E-state index in [9.17, 15) is 0 Å². The highest BCUT2D eigenvalue weighted by molar-refractivity contribution is 5.10. The quantitative estimate of drug-likeness (QED) is 0.549. The Morgan fingerprint density at radius 1 is 1.65 bits per heavy atom. The molecular weight excluding hydrogens is 220 g/mol. The minimum absolute atomic E-state index is 0.00366. The van der Waals surface area contributed by atoms with Crippen molar-refractivity contribution in [2.75, 3.05) is 19.8 Å². The second-order valence-corrected chi connectivity index (χ2v) is 4.36. The van der Waals surface area contributed by atoms with Gasteiger partial charge in [-0.25, -0.2) is 0 Å². The van der Waals surface area contributed by atoms with Gasteiger partial charge in [0.15, 0.2) is 0 Å². The Hall–Kier alpha value is -0.950. The first-order chi connectivity index (χ1) is 8.20. The first-order valence-electron chi connectivity index (χ1n) is 5.85. The summed E-state index contributed by atoms with van der Waals surface area (Å²) in [6.45, 7) is 3.87. The molecule has 96 valence electrons. The van der Waals surface area contributed by atoms with Crippen LogP contribution in [0.4, 0.5) is 0 Å². The third-order valence-corrected chi connectivity index (χ3v) is 3.03. The SMILES string of the molecule is Cc1cc(CC(NN)C2COCCO2)n(C)n1. The highest BCUT2D eigenvalue weighted by Crippen LogP contribution is 2.12. The van der Waals surface area contributed by atoms with Crippen LogP contribution in [0.25, 0.3) is 0 Å². The van der Waals surface area contributed by atoms with Crippen LogP contribution in [-0.2, 0) is 22.9 Å². The van der Waals surface area contributed by atoms with Crippen LogP contribution in [-0.4, -0.2) is 41.7 Å². The molecule has 2 rings (SSSR count). The van der Waals surface area contributed by atoms with Gasteiger partial charge in [0.2, 0.25) is 0 Å². The zero-order chi connectivity index (χ0) is 12.3.